The lowest BCUT2D eigenvalue weighted by Crippen LogP contribution is -2.17. The van der Waals surface area contributed by atoms with Crippen LogP contribution in [-0.2, 0) is 0 Å². The Hall–Kier alpha value is -2.16. The van der Waals surface area contributed by atoms with Crippen LogP contribution in [0.1, 0.15) is 56.9 Å². The van der Waals surface area contributed by atoms with E-state index in [9.17, 15) is 8.78 Å². The average Bonchev–Trinajstić information content (AvgIpc) is 2.67. The second kappa shape index (κ2) is 7.84. The maximum Gasteiger partial charge on any atom is 0.387 e. The number of ether oxygens (including phenoxy) is 1. The van der Waals surface area contributed by atoms with Gasteiger partial charge in [-0.05, 0) is 91.7 Å². The van der Waals surface area contributed by atoms with Crippen molar-refractivity contribution in [3.05, 3.63) is 76.4 Å². The molecule has 142 valence electrons. The van der Waals surface area contributed by atoms with E-state index in [4.69, 9.17) is 0 Å². The van der Waals surface area contributed by atoms with Crippen LogP contribution in [0, 0.1) is 5.92 Å². The molecule has 27 heavy (non-hydrogen) atoms. The molecular weight excluding hydrogens is 342 g/mol. The van der Waals surface area contributed by atoms with Crippen LogP contribution in [0.3, 0.4) is 0 Å². The fourth-order valence-corrected chi connectivity index (χ4v) is 4.81. The lowest BCUT2D eigenvalue weighted by atomic mass is 9.70. The highest BCUT2D eigenvalue weighted by Gasteiger charge is 2.29. The number of benzene rings is 1. The third-order valence-electron chi connectivity index (χ3n) is 6.08. The molecular formula is C24H26F2O. The zero-order valence-electron chi connectivity index (χ0n) is 15.8. The van der Waals surface area contributed by atoms with E-state index in [1.165, 1.54) is 23.1 Å². The van der Waals surface area contributed by atoms with Gasteiger partial charge in [0.15, 0.2) is 0 Å². The van der Waals surface area contributed by atoms with Gasteiger partial charge in [-0.25, -0.2) is 0 Å². The summed E-state index contributed by atoms with van der Waals surface area (Å²) in [6, 6.07) is 7.21. The molecule has 0 spiro atoms. The van der Waals surface area contributed by atoms with Crippen LogP contribution in [0.25, 0.3) is 0 Å². The van der Waals surface area contributed by atoms with E-state index in [1.807, 2.05) is 12.1 Å². The number of halogens is 2. The number of rotatable bonds is 4. The molecule has 0 aliphatic heterocycles. The predicted molar refractivity (Wildman–Crippen MR) is 105 cm³/mol. The van der Waals surface area contributed by atoms with Crippen molar-refractivity contribution >= 4 is 0 Å². The highest BCUT2D eigenvalue weighted by Crippen LogP contribution is 2.47. The monoisotopic (exact) mass is 368 g/mol. The molecule has 2 atom stereocenters. The molecule has 0 aromatic heterocycles. The molecule has 0 saturated heterocycles. The number of hydrogen-bond acceptors (Lipinski definition) is 1. The van der Waals surface area contributed by atoms with E-state index in [0.29, 0.717) is 11.8 Å². The first-order chi connectivity index (χ1) is 13.1. The molecule has 0 fully saturated rings. The van der Waals surface area contributed by atoms with Gasteiger partial charge in [0, 0.05) is 0 Å². The summed E-state index contributed by atoms with van der Waals surface area (Å²) in [6.45, 7) is -0.666. The highest BCUT2D eigenvalue weighted by molar-refractivity contribution is 5.55. The maximum absolute atomic E-state index is 12.3. The van der Waals surface area contributed by atoms with E-state index in [1.54, 1.807) is 23.3 Å². The second-order valence-corrected chi connectivity index (χ2v) is 7.75. The Morgan fingerprint density at radius 3 is 2.67 bits per heavy atom. The predicted octanol–water partition coefficient (Wildman–Crippen LogP) is 7.09. The van der Waals surface area contributed by atoms with Gasteiger partial charge in [-0.1, -0.05) is 42.0 Å². The van der Waals surface area contributed by atoms with Gasteiger partial charge in [-0.2, -0.15) is 8.78 Å². The smallest absolute Gasteiger partial charge is 0.387 e. The minimum atomic E-state index is -2.77. The minimum absolute atomic E-state index is 0.234. The van der Waals surface area contributed by atoms with Gasteiger partial charge in [0.2, 0.25) is 0 Å². The molecule has 0 N–H and O–H groups in total. The summed E-state index contributed by atoms with van der Waals surface area (Å²) in [5, 5.41) is 0. The Kier molecular flexibility index (Phi) is 5.29. The topological polar surface area (TPSA) is 9.23 Å². The Morgan fingerprint density at radius 2 is 1.93 bits per heavy atom. The SMILES string of the molecule is CC=C[C@H]1CC=C2C(=CCC3=C2CC[C@H](c2ccc(OC(F)F)cc2)C3)C1. The zero-order chi connectivity index (χ0) is 18.8. The summed E-state index contributed by atoms with van der Waals surface area (Å²) in [7, 11) is 0. The fraction of sp³-hybridized carbons (Fsp3) is 0.417. The molecule has 4 rings (SSSR count). The van der Waals surface area contributed by atoms with Gasteiger partial charge in [0.05, 0.1) is 0 Å². The van der Waals surface area contributed by atoms with Gasteiger partial charge in [-0.3, -0.25) is 0 Å². The van der Waals surface area contributed by atoms with Crippen molar-refractivity contribution in [2.24, 2.45) is 5.92 Å². The van der Waals surface area contributed by atoms with Crippen LogP contribution >= 0.6 is 0 Å². The molecule has 0 bridgehead atoms. The van der Waals surface area contributed by atoms with Crippen LogP contribution in [0.15, 0.2) is 70.9 Å². The van der Waals surface area contributed by atoms with Crippen LogP contribution in [0.5, 0.6) is 5.75 Å². The maximum atomic E-state index is 12.3. The minimum Gasteiger partial charge on any atom is -0.435 e. The van der Waals surface area contributed by atoms with Crippen molar-refractivity contribution < 1.29 is 13.5 Å². The molecule has 3 heteroatoms. The molecule has 1 nitrogen and oxygen atoms in total. The van der Waals surface area contributed by atoms with Crippen LogP contribution in [0.4, 0.5) is 8.78 Å². The van der Waals surface area contributed by atoms with Crippen molar-refractivity contribution in [1.29, 1.82) is 0 Å². The number of alkyl halides is 2. The molecule has 1 aromatic carbocycles. The average molecular weight is 368 g/mol. The van der Waals surface area contributed by atoms with Crippen LogP contribution in [-0.4, -0.2) is 6.61 Å². The number of fused-ring (bicyclic) bond motifs is 2. The molecule has 0 unspecified atom stereocenters. The molecule has 1 aromatic rings. The van der Waals surface area contributed by atoms with Crippen molar-refractivity contribution in [2.75, 3.05) is 0 Å². The second-order valence-electron chi connectivity index (χ2n) is 7.75. The van der Waals surface area contributed by atoms with Crippen LogP contribution in [0.2, 0.25) is 0 Å². The fourth-order valence-electron chi connectivity index (χ4n) is 4.81. The third kappa shape index (κ3) is 3.92. The summed E-state index contributed by atoms with van der Waals surface area (Å²) >= 11 is 0. The lowest BCUT2D eigenvalue weighted by molar-refractivity contribution is -0.0498. The standard InChI is InChI=1S/C24H26F2O/c1-2-3-16-4-12-22-19(14-16)5-6-20-15-18(9-13-23(20)22)17-7-10-21(11-8-17)27-24(25)26/h2-3,5,7-8,10-12,16,18,24H,4,6,9,13-15H2,1H3/t16-,18-/m0/s1. The molecule has 0 saturated carbocycles. The largest absolute Gasteiger partial charge is 0.435 e. The van der Waals surface area contributed by atoms with E-state index >= 15 is 0 Å². The third-order valence-corrected chi connectivity index (χ3v) is 6.08. The summed E-state index contributed by atoms with van der Waals surface area (Å²) in [4.78, 5) is 0. The Morgan fingerprint density at radius 1 is 1.11 bits per heavy atom. The Labute approximate surface area is 160 Å². The summed E-state index contributed by atoms with van der Waals surface area (Å²) in [6.07, 6.45) is 16.1. The Balaban J connectivity index is 1.48. The quantitative estimate of drug-likeness (QED) is 0.515. The van der Waals surface area contributed by atoms with Crippen molar-refractivity contribution in [3.63, 3.8) is 0 Å². The van der Waals surface area contributed by atoms with E-state index in [0.717, 1.165) is 32.1 Å². The first-order valence-corrected chi connectivity index (χ1v) is 9.92. The summed E-state index contributed by atoms with van der Waals surface area (Å²) in [5.41, 5.74) is 7.42. The van der Waals surface area contributed by atoms with Crippen LogP contribution < -0.4 is 4.74 Å². The molecule has 0 heterocycles. The number of hydrogen-bond donors (Lipinski definition) is 0. The molecule has 3 aliphatic rings. The van der Waals surface area contributed by atoms with Crippen molar-refractivity contribution in [1.82, 2.24) is 0 Å². The normalized spacial score (nSPS) is 25.2. The van der Waals surface area contributed by atoms with Gasteiger partial charge in [0.25, 0.3) is 0 Å². The summed E-state index contributed by atoms with van der Waals surface area (Å²) in [5.74, 6) is 1.36. The first kappa shape index (κ1) is 18.2. The van der Waals surface area contributed by atoms with E-state index in [2.05, 4.69) is 36.0 Å². The summed E-state index contributed by atoms with van der Waals surface area (Å²) < 4.78 is 29.1. The lowest BCUT2D eigenvalue weighted by Gasteiger charge is -2.35. The van der Waals surface area contributed by atoms with Gasteiger partial charge >= 0.3 is 6.61 Å². The van der Waals surface area contributed by atoms with Gasteiger partial charge in [-0.15, -0.1) is 0 Å². The van der Waals surface area contributed by atoms with Crippen molar-refractivity contribution in [2.45, 2.75) is 58.0 Å². The molecule has 0 radical (unpaired) electrons. The molecule has 3 aliphatic carbocycles. The zero-order valence-corrected chi connectivity index (χ0v) is 15.8. The van der Waals surface area contributed by atoms with Gasteiger partial charge < -0.3 is 4.74 Å². The van der Waals surface area contributed by atoms with Gasteiger partial charge in [0.1, 0.15) is 5.75 Å². The van der Waals surface area contributed by atoms with E-state index in [-0.39, 0.29) is 5.75 Å². The highest BCUT2D eigenvalue weighted by atomic mass is 19.3. The number of allylic oxidation sites excluding steroid dienone is 8. The molecule has 0 amide bonds. The first-order valence-electron chi connectivity index (χ1n) is 9.92. The van der Waals surface area contributed by atoms with E-state index < -0.39 is 6.61 Å². The Bertz CT molecular complexity index is 811. The van der Waals surface area contributed by atoms with Crippen molar-refractivity contribution in [3.8, 4) is 5.75 Å².